The molecule has 0 spiro atoms. The number of aromatic nitrogens is 3. The van der Waals surface area contributed by atoms with Crippen LogP contribution in [0.4, 0.5) is 17.2 Å². The van der Waals surface area contributed by atoms with Gasteiger partial charge in [0.15, 0.2) is 5.82 Å². The van der Waals surface area contributed by atoms with E-state index < -0.39 is 0 Å². The zero-order valence-electron chi connectivity index (χ0n) is 10.4. The largest absolute Gasteiger partial charge is 0.506 e. The van der Waals surface area contributed by atoms with E-state index in [1.54, 1.807) is 53.4 Å². The normalized spacial score (nSPS) is 10.4. The molecule has 0 aliphatic heterocycles. The first-order valence-corrected chi connectivity index (χ1v) is 5.99. The fourth-order valence-electron chi connectivity index (χ4n) is 1.99. The molecule has 0 fully saturated rings. The number of hydrogen-bond acceptors (Lipinski definition) is 5. The Morgan fingerprint density at radius 1 is 0.850 bits per heavy atom. The molecule has 0 amide bonds. The topological polar surface area (TPSA) is 85.3 Å². The van der Waals surface area contributed by atoms with E-state index in [2.05, 4.69) is 15.4 Å². The molecule has 100 valence electrons. The Morgan fingerprint density at radius 2 is 1.40 bits per heavy atom. The SMILES string of the molecule is Oc1ccccc1N(c1cn[nH]n1)c1ccccc1O. The van der Waals surface area contributed by atoms with Crippen molar-refractivity contribution in [2.24, 2.45) is 0 Å². The summed E-state index contributed by atoms with van der Waals surface area (Å²) in [6.45, 7) is 0. The first-order valence-electron chi connectivity index (χ1n) is 5.99. The van der Waals surface area contributed by atoms with Crippen molar-refractivity contribution >= 4 is 17.2 Å². The van der Waals surface area contributed by atoms with Gasteiger partial charge in [-0.15, -0.1) is 5.10 Å². The molecule has 1 aromatic heterocycles. The van der Waals surface area contributed by atoms with Crippen LogP contribution in [-0.2, 0) is 0 Å². The van der Waals surface area contributed by atoms with E-state index >= 15 is 0 Å². The molecular weight excluding hydrogens is 256 g/mol. The van der Waals surface area contributed by atoms with E-state index in [4.69, 9.17) is 0 Å². The second-order valence-corrected chi connectivity index (χ2v) is 4.14. The molecule has 3 rings (SSSR count). The number of aromatic amines is 1. The Balaban J connectivity index is 2.21. The summed E-state index contributed by atoms with van der Waals surface area (Å²) in [5, 5.41) is 30.4. The van der Waals surface area contributed by atoms with Gasteiger partial charge in [-0.1, -0.05) is 24.3 Å². The standard InChI is InChI=1S/C14H12N4O2/c19-12-7-3-1-5-10(12)18(14-9-15-17-16-14)11-6-2-4-8-13(11)20/h1-9,19-20H,(H,15,16,17). The van der Waals surface area contributed by atoms with Crippen LogP contribution in [0.15, 0.2) is 54.7 Å². The molecule has 0 unspecified atom stereocenters. The van der Waals surface area contributed by atoms with E-state index in [1.165, 1.54) is 6.20 Å². The molecule has 6 heteroatoms. The minimum absolute atomic E-state index is 0.0822. The fraction of sp³-hybridized carbons (Fsp3) is 0. The van der Waals surface area contributed by atoms with E-state index in [0.29, 0.717) is 17.2 Å². The molecule has 0 atom stereocenters. The Hall–Kier alpha value is -3.02. The molecule has 3 aromatic rings. The summed E-state index contributed by atoms with van der Waals surface area (Å²) in [5.41, 5.74) is 1.01. The van der Waals surface area contributed by atoms with E-state index in [1.807, 2.05) is 0 Å². The van der Waals surface area contributed by atoms with Gasteiger partial charge in [0.1, 0.15) is 11.5 Å². The highest BCUT2D eigenvalue weighted by Crippen LogP contribution is 2.41. The number of nitrogens with one attached hydrogen (secondary N) is 1. The smallest absolute Gasteiger partial charge is 0.180 e. The number of benzene rings is 2. The number of para-hydroxylation sites is 4. The number of H-pyrrole nitrogens is 1. The van der Waals surface area contributed by atoms with Crippen molar-refractivity contribution in [3.05, 3.63) is 54.7 Å². The van der Waals surface area contributed by atoms with Crippen LogP contribution in [0.2, 0.25) is 0 Å². The highest BCUT2D eigenvalue weighted by molar-refractivity contribution is 5.80. The van der Waals surface area contributed by atoms with E-state index in [9.17, 15) is 10.2 Å². The van der Waals surface area contributed by atoms with Crippen LogP contribution in [0.5, 0.6) is 11.5 Å². The van der Waals surface area contributed by atoms with Gasteiger partial charge in [-0.05, 0) is 24.3 Å². The maximum Gasteiger partial charge on any atom is 0.180 e. The van der Waals surface area contributed by atoms with Crippen molar-refractivity contribution in [2.75, 3.05) is 4.90 Å². The van der Waals surface area contributed by atoms with Crippen LogP contribution >= 0.6 is 0 Å². The second kappa shape index (κ2) is 4.93. The Morgan fingerprint density at radius 3 is 1.85 bits per heavy atom. The molecule has 0 radical (unpaired) electrons. The predicted molar refractivity (Wildman–Crippen MR) is 74.4 cm³/mol. The summed E-state index contributed by atoms with van der Waals surface area (Å²) in [4.78, 5) is 1.62. The molecule has 0 bridgehead atoms. The van der Waals surface area contributed by atoms with Crippen LogP contribution in [-0.4, -0.2) is 25.6 Å². The third-order valence-corrected chi connectivity index (χ3v) is 2.88. The number of hydrogen-bond donors (Lipinski definition) is 3. The number of nitrogens with zero attached hydrogens (tertiary/aromatic N) is 3. The average Bonchev–Trinajstić information content (AvgIpc) is 2.97. The van der Waals surface area contributed by atoms with Crippen LogP contribution in [0.1, 0.15) is 0 Å². The number of phenolic OH excluding ortho intramolecular Hbond substituents is 2. The molecule has 6 nitrogen and oxygen atoms in total. The molecule has 20 heavy (non-hydrogen) atoms. The van der Waals surface area contributed by atoms with Gasteiger partial charge in [0.2, 0.25) is 0 Å². The molecule has 0 aliphatic rings. The van der Waals surface area contributed by atoms with Crippen LogP contribution in [0.25, 0.3) is 0 Å². The first-order chi connectivity index (χ1) is 9.77. The third kappa shape index (κ3) is 2.03. The Bertz CT molecular complexity index is 667. The zero-order valence-corrected chi connectivity index (χ0v) is 10.4. The maximum absolute atomic E-state index is 10.1. The zero-order chi connectivity index (χ0) is 13.9. The lowest BCUT2D eigenvalue weighted by Gasteiger charge is -2.23. The lowest BCUT2D eigenvalue weighted by Crippen LogP contribution is -2.10. The van der Waals surface area contributed by atoms with Crippen molar-refractivity contribution in [3.8, 4) is 11.5 Å². The average molecular weight is 268 g/mol. The Kier molecular flexibility index (Phi) is 2.96. The van der Waals surface area contributed by atoms with Gasteiger partial charge < -0.3 is 10.2 Å². The molecule has 3 N–H and O–H groups in total. The van der Waals surface area contributed by atoms with E-state index in [-0.39, 0.29) is 11.5 Å². The van der Waals surface area contributed by atoms with Crippen LogP contribution < -0.4 is 4.90 Å². The Labute approximate surface area is 114 Å². The molecule has 0 saturated heterocycles. The lowest BCUT2D eigenvalue weighted by molar-refractivity contribution is 0.472. The summed E-state index contributed by atoms with van der Waals surface area (Å²) in [5.74, 6) is 0.630. The van der Waals surface area contributed by atoms with Gasteiger partial charge in [-0.25, -0.2) is 0 Å². The summed E-state index contributed by atoms with van der Waals surface area (Å²) in [6, 6.07) is 13.7. The van der Waals surface area contributed by atoms with Gasteiger partial charge in [0.25, 0.3) is 0 Å². The maximum atomic E-state index is 10.1. The van der Waals surface area contributed by atoms with Crippen molar-refractivity contribution in [1.82, 2.24) is 15.4 Å². The second-order valence-electron chi connectivity index (χ2n) is 4.14. The van der Waals surface area contributed by atoms with Crippen LogP contribution in [0.3, 0.4) is 0 Å². The summed E-state index contributed by atoms with van der Waals surface area (Å²) < 4.78 is 0. The van der Waals surface area contributed by atoms with E-state index in [0.717, 1.165) is 0 Å². The lowest BCUT2D eigenvalue weighted by atomic mass is 10.2. The number of aromatic hydroxyl groups is 2. The van der Waals surface area contributed by atoms with Crippen molar-refractivity contribution in [3.63, 3.8) is 0 Å². The molecular formula is C14H12N4O2. The van der Waals surface area contributed by atoms with Crippen LogP contribution in [0, 0.1) is 0 Å². The number of rotatable bonds is 3. The highest BCUT2D eigenvalue weighted by Gasteiger charge is 2.19. The summed E-state index contributed by atoms with van der Waals surface area (Å²) >= 11 is 0. The highest BCUT2D eigenvalue weighted by atomic mass is 16.3. The van der Waals surface area contributed by atoms with Crippen molar-refractivity contribution in [2.45, 2.75) is 0 Å². The number of phenols is 2. The molecule has 1 heterocycles. The monoisotopic (exact) mass is 268 g/mol. The van der Waals surface area contributed by atoms with Gasteiger partial charge in [0.05, 0.1) is 17.6 Å². The summed E-state index contributed by atoms with van der Waals surface area (Å²) in [6.07, 6.45) is 1.51. The predicted octanol–water partition coefficient (Wildman–Crippen LogP) is 2.69. The minimum atomic E-state index is 0.0822. The third-order valence-electron chi connectivity index (χ3n) is 2.88. The molecule has 0 saturated carbocycles. The minimum Gasteiger partial charge on any atom is -0.506 e. The van der Waals surface area contributed by atoms with Crippen molar-refractivity contribution < 1.29 is 10.2 Å². The van der Waals surface area contributed by atoms with Gasteiger partial charge in [0, 0.05) is 0 Å². The summed E-state index contributed by atoms with van der Waals surface area (Å²) in [7, 11) is 0. The fourth-order valence-corrected chi connectivity index (χ4v) is 1.99. The molecule has 2 aromatic carbocycles. The van der Waals surface area contributed by atoms with Crippen molar-refractivity contribution in [1.29, 1.82) is 0 Å². The number of anilines is 3. The first kappa shape index (κ1) is 12.0. The van der Waals surface area contributed by atoms with Gasteiger partial charge >= 0.3 is 0 Å². The quantitative estimate of drug-likeness (QED) is 0.680. The van der Waals surface area contributed by atoms with Gasteiger partial charge in [-0.2, -0.15) is 10.3 Å². The molecule has 0 aliphatic carbocycles. The van der Waals surface area contributed by atoms with Gasteiger partial charge in [-0.3, -0.25) is 4.90 Å².